The molecule has 0 radical (unpaired) electrons. The minimum absolute atomic E-state index is 0.0820. The standard InChI is InChI=1S/C60H108O6/c1-4-7-10-13-16-19-22-25-27-28-29-30-31-32-34-36-39-41-44-47-50-53-59(62)65-56-57(66-60(63)54-51-48-45-42-37-24-21-18-15-12-9-6-3)55-64-58(61)52-49-46-43-40-38-35-33-26-23-20-17-14-11-8-5-2/h8,11,17,20,26,33,38,40,57H,4-7,9-10,12-16,18-19,21-25,27-32,34-37,39,41-56H2,1-3H3/b11-8-,20-17-,33-26-,40-38-/t57-/m1/s1. The largest absolute Gasteiger partial charge is 0.462 e. The lowest BCUT2D eigenvalue weighted by Gasteiger charge is -2.18. The molecule has 0 unspecified atom stereocenters. The molecule has 0 amide bonds. The first-order chi connectivity index (χ1) is 32.5. The summed E-state index contributed by atoms with van der Waals surface area (Å²) in [5.41, 5.74) is 0. The second kappa shape index (κ2) is 55.0. The third-order valence-electron chi connectivity index (χ3n) is 12.6. The summed E-state index contributed by atoms with van der Waals surface area (Å²) < 4.78 is 16.8. The molecule has 0 fully saturated rings. The average Bonchev–Trinajstić information content (AvgIpc) is 3.31. The van der Waals surface area contributed by atoms with E-state index in [1.54, 1.807) is 0 Å². The van der Waals surface area contributed by atoms with Crippen LogP contribution in [-0.2, 0) is 28.6 Å². The molecule has 0 aromatic carbocycles. The molecule has 0 aromatic heterocycles. The summed E-state index contributed by atoms with van der Waals surface area (Å²) in [6, 6.07) is 0. The van der Waals surface area contributed by atoms with Crippen molar-refractivity contribution in [3.05, 3.63) is 48.6 Å². The molecule has 0 bridgehead atoms. The van der Waals surface area contributed by atoms with Gasteiger partial charge in [-0.15, -0.1) is 0 Å². The molecule has 0 aliphatic heterocycles. The fraction of sp³-hybridized carbons (Fsp3) is 0.817. The number of allylic oxidation sites excluding steroid dienone is 8. The first-order valence-corrected chi connectivity index (χ1v) is 28.6. The van der Waals surface area contributed by atoms with Gasteiger partial charge in [-0.05, 0) is 57.8 Å². The Morgan fingerprint density at radius 3 is 0.924 bits per heavy atom. The first-order valence-electron chi connectivity index (χ1n) is 28.6. The monoisotopic (exact) mass is 925 g/mol. The van der Waals surface area contributed by atoms with E-state index in [0.717, 1.165) is 83.5 Å². The van der Waals surface area contributed by atoms with Crippen LogP contribution in [0.25, 0.3) is 0 Å². The minimum atomic E-state index is -0.785. The zero-order chi connectivity index (χ0) is 47.9. The van der Waals surface area contributed by atoms with Crippen molar-refractivity contribution in [2.75, 3.05) is 13.2 Å². The van der Waals surface area contributed by atoms with E-state index >= 15 is 0 Å². The first kappa shape index (κ1) is 63.4. The van der Waals surface area contributed by atoms with Gasteiger partial charge < -0.3 is 14.2 Å². The number of esters is 3. The van der Waals surface area contributed by atoms with Gasteiger partial charge in [-0.3, -0.25) is 14.4 Å². The molecule has 0 rings (SSSR count). The predicted molar refractivity (Wildman–Crippen MR) is 284 cm³/mol. The van der Waals surface area contributed by atoms with Gasteiger partial charge >= 0.3 is 17.9 Å². The van der Waals surface area contributed by atoms with E-state index in [9.17, 15) is 14.4 Å². The van der Waals surface area contributed by atoms with Gasteiger partial charge in [0, 0.05) is 19.3 Å². The lowest BCUT2D eigenvalue weighted by Crippen LogP contribution is -2.30. The van der Waals surface area contributed by atoms with Crippen molar-refractivity contribution in [3.8, 4) is 0 Å². The summed E-state index contributed by atoms with van der Waals surface area (Å²) in [6.07, 6.45) is 66.8. The number of ether oxygens (including phenoxy) is 3. The second-order valence-electron chi connectivity index (χ2n) is 19.2. The van der Waals surface area contributed by atoms with E-state index < -0.39 is 6.10 Å². The molecule has 0 heterocycles. The molecule has 0 N–H and O–H groups in total. The van der Waals surface area contributed by atoms with Crippen LogP contribution in [0.1, 0.15) is 297 Å². The highest BCUT2D eigenvalue weighted by Crippen LogP contribution is 2.17. The lowest BCUT2D eigenvalue weighted by molar-refractivity contribution is -0.167. The zero-order valence-corrected chi connectivity index (χ0v) is 44.0. The molecular formula is C60H108O6. The predicted octanol–water partition coefficient (Wildman–Crippen LogP) is 19.0. The van der Waals surface area contributed by atoms with Gasteiger partial charge in [0.25, 0.3) is 0 Å². The van der Waals surface area contributed by atoms with Gasteiger partial charge in [0.05, 0.1) is 0 Å². The highest BCUT2D eigenvalue weighted by atomic mass is 16.6. The Hall–Kier alpha value is -2.63. The van der Waals surface area contributed by atoms with Gasteiger partial charge in [0.2, 0.25) is 0 Å². The number of hydrogen-bond acceptors (Lipinski definition) is 6. The van der Waals surface area contributed by atoms with Crippen molar-refractivity contribution in [2.24, 2.45) is 0 Å². The molecule has 0 aromatic rings. The van der Waals surface area contributed by atoms with Crippen LogP contribution in [0.5, 0.6) is 0 Å². The van der Waals surface area contributed by atoms with Crippen molar-refractivity contribution in [1.29, 1.82) is 0 Å². The van der Waals surface area contributed by atoms with Gasteiger partial charge in [-0.25, -0.2) is 0 Å². The fourth-order valence-electron chi connectivity index (χ4n) is 8.32. The molecular weight excluding hydrogens is 817 g/mol. The van der Waals surface area contributed by atoms with Crippen LogP contribution < -0.4 is 0 Å². The summed E-state index contributed by atoms with van der Waals surface area (Å²) >= 11 is 0. The van der Waals surface area contributed by atoms with E-state index in [1.165, 1.54) is 173 Å². The smallest absolute Gasteiger partial charge is 0.306 e. The van der Waals surface area contributed by atoms with Crippen molar-refractivity contribution in [1.82, 2.24) is 0 Å². The van der Waals surface area contributed by atoms with Gasteiger partial charge in [0.15, 0.2) is 6.10 Å². The van der Waals surface area contributed by atoms with Crippen LogP contribution in [0.2, 0.25) is 0 Å². The van der Waals surface area contributed by atoms with Crippen LogP contribution in [-0.4, -0.2) is 37.2 Å². The van der Waals surface area contributed by atoms with Crippen molar-refractivity contribution in [2.45, 2.75) is 303 Å². The lowest BCUT2D eigenvalue weighted by atomic mass is 10.0. The molecule has 384 valence electrons. The maximum Gasteiger partial charge on any atom is 0.306 e. The van der Waals surface area contributed by atoms with E-state index in [1.807, 2.05) is 0 Å². The zero-order valence-electron chi connectivity index (χ0n) is 44.0. The topological polar surface area (TPSA) is 78.9 Å². The average molecular weight is 926 g/mol. The summed E-state index contributed by atoms with van der Waals surface area (Å²) in [5.74, 6) is -0.911. The molecule has 0 aliphatic carbocycles. The summed E-state index contributed by atoms with van der Waals surface area (Å²) in [4.78, 5) is 38.1. The number of rotatable bonds is 52. The van der Waals surface area contributed by atoms with Crippen LogP contribution in [0.3, 0.4) is 0 Å². The number of unbranched alkanes of at least 4 members (excludes halogenated alkanes) is 33. The van der Waals surface area contributed by atoms with Crippen molar-refractivity contribution >= 4 is 17.9 Å². The van der Waals surface area contributed by atoms with E-state index in [4.69, 9.17) is 14.2 Å². The maximum atomic E-state index is 12.8. The van der Waals surface area contributed by atoms with Gasteiger partial charge in [-0.1, -0.05) is 268 Å². The Bertz CT molecular complexity index is 1150. The quantitative estimate of drug-likeness (QED) is 0.0262. The van der Waals surface area contributed by atoms with Crippen LogP contribution in [0.4, 0.5) is 0 Å². The van der Waals surface area contributed by atoms with Crippen molar-refractivity contribution < 1.29 is 28.6 Å². The third-order valence-corrected chi connectivity index (χ3v) is 12.6. The summed E-state index contributed by atoms with van der Waals surface area (Å²) in [7, 11) is 0. The Kier molecular flexibility index (Phi) is 52.8. The van der Waals surface area contributed by atoms with Crippen LogP contribution >= 0.6 is 0 Å². The highest BCUT2D eigenvalue weighted by molar-refractivity contribution is 5.71. The van der Waals surface area contributed by atoms with Crippen LogP contribution in [0, 0.1) is 0 Å². The molecule has 6 heteroatoms. The summed E-state index contributed by atoms with van der Waals surface area (Å²) in [6.45, 7) is 6.52. The van der Waals surface area contributed by atoms with E-state index in [-0.39, 0.29) is 31.1 Å². The molecule has 0 aliphatic rings. The molecule has 66 heavy (non-hydrogen) atoms. The molecule has 6 nitrogen and oxygen atoms in total. The third kappa shape index (κ3) is 52.3. The fourth-order valence-corrected chi connectivity index (χ4v) is 8.32. The second-order valence-corrected chi connectivity index (χ2v) is 19.2. The molecule has 1 atom stereocenters. The van der Waals surface area contributed by atoms with Crippen molar-refractivity contribution in [3.63, 3.8) is 0 Å². The number of carbonyl (C=O) groups is 3. The van der Waals surface area contributed by atoms with Crippen LogP contribution in [0.15, 0.2) is 48.6 Å². The normalized spacial score (nSPS) is 12.3. The van der Waals surface area contributed by atoms with Gasteiger partial charge in [-0.2, -0.15) is 0 Å². The number of carbonyl (C=O) groups excluding carboxylic acids is 3. The SMILES string of the molecule is CC/C=C\C/C=C\C/C=C\C/C=C\CCCCC(=O)OC[C@H](COC(=O)CCCCCCCCCCCCCCCCCCCCCCC)OC(=O)CCCCCCCCCCCCCC. The Balaban J connectivity index is 4.31. The Labute approximate surface area is 409 Å². The Morgan fingerprint density at radius 2 is 0.591 bits per heavy atom. The highest BCUT2D eigenvalue weighted by Gasteiger charge is 2.19. The van der Waals surface area contributed by atoms with Gasteiger partial charge in [0.1, 0.15) is 13.2 Å². The van der Waals surface area contributed by atoms with E-state index in [2.05, 4.69) is 69.4 Å². The molecule has 0 saturated heterocycles. The molecule has 0 saturated carbocycles. The number of hydrogen-bond donors (Lipinski definition) is 0. The maximum absolute atomic E-state index is 12.8. The molecule has 0 spiro atoms. The minimum Gasteiger partial charge on any atom is -0.462 e. The Morgan fingerprint density at radius 1 is 0.318 bits per heavy atom. The summed E-state index contributed by atoms with van der Waals surface area (Å²) in [5, 5.41) is 0. The van der Waals surface area contributed by atoms with E-state index in [0.29, 0.717) is 19.3 Å².